The third-order valence-electron chi connectivity index (χ3n) is 4.56. The number of amides is 1. The molecule has 1 saturated heterocycles. The minimum Gasteiger partial charge on any atom is -0.507 e. The summed E-state index contributed by atoms with van der Waals surface area (Å²) in [4.78, 5) is 37.5. The summed E-state index contributed by atoms with van der Waals surface area (Å²) in [5.41, 5.74) is 0.864. The fourth-order valence-electron chi connectivity index (χ4n) is 3.24. The Morgan fingerprint density at radius 1 is 1.07 bits per heavy atom. The van der Waals surface area contributed by atoms with Crippen molar-refractivity contribution >= 4 is 23.4 Å². The van der Waals surface area contributed by atoms with E-state index >= 15 is 0 Å². The predicted molar refractivity (Wildman–Crippen MR) is 101 cm³/mol. The van der Waals surface area contributed by atoms with E-state index in [1.807, 2.05) is 0 Å². The molecule has 2 N–H and O–H groups in total. The quantitative estimate of drug-likeness (QED) is 0.453. The summed E-state index contributed by atoms with van der Waals surface area (Å²) in [6.45, 7) is -0.159. The van der Waals surface area contributed by atoms with Gasteiger partial charge in [-0.1, -0.05) is 42.5 Å². The van der Waals surface area contributed by atoms with Crippen molar-refractivity contribution in [3.05, 3.63) is 71.3 Å². The van der Waals surface area contributed by atoms with E-state index in [9.17, 15) is 19.5 Å². The van der Waals surface area contributed by atoms with Crippen molar-refractivity contribution in [2.45, 2.75) is 12.5 Å². The van der Waals surface area contributed by atoms with E-state index in [0.29, 0.717) is 16.9 Å². The molecule has 1 atom stereocenters. The first-order valence-electron chi connectivity index (χ1n) is 8.63. The molecular weight excluding hydrogens is 362 g/mol. The van der Waals surface area contributed by atoms with Gasteiger partial charge in [-0.05, 0) is 17.7 Å². The first-order valence-corrected chi connectivity index (χ1v) is 8.63. The van der Waals surface area contributed by atoms with E-state index < -0.39 is 23.7 Å². The summed E-state index contributed by atoms with van der Waals surface area (Å²) < 4.78 is 5.22. The zero-order chi connectivity index (χ0) is 20.3. The molecule has 0 aromatic heterocycles. The van der Waals surface area contributed by atoms with Crippen LogP contribution in [0, 0.1) is 0 Å². The molecule has 3 rings (SSSR count). The van der Waals surface area contributed by atoms with Crippen LogP contribution in [0.25, 0.3) is 5.76 Å². The number of ether oxygens (including phenoxy) is 1. The topological polar surface area (TPSA) is 104 Å². The van der Waals surface area contributed by atoms with Gasteiger partial charge in [-0.3, -0.25) is 14.4 Å². The van der Waals surface area contributed by atoms with Gasteiger partial charge in [0.2, 0.25) is 0 Å². The average Bonchev–Trinajstić information content (AvgIpc) is 2.97. The number of methoxy groups -OCH3 is 1. The standard InChI is InChI=1S/C21H19NO6/c1-28-15-9-5-8-14(12-15)18-17(19(25)13-6-3-2-4-7-13)20(26)21(27)22(18)11-10-16(23)24/h2-9,12,18,25H,10-11H2,1H3,(H,23,24)/t18-/m0/s1. The second-order valence-corrected chi connectivity index (χ2v) is 6.28. The Kier molecular flexibility index (Phi) is 5.44. The molecule has 7 heteroatoms. The Morgan fingerprint density at radius 3 is 2.43 bits per heavy atom. The molecule has 0 bridgehead atoms. The molecule has 0 spiro atoms. The number of hydrogen-bond acceptors (Lipinski definition) is 5. The lowest BCUT2D eigenvalue weighted by atomic mass is 9.95. The second-order valence-electron chi connectivity index (χ2n) is 6.28. The van der Waals surface area contributed by atoms with E-state index in [0.717, 1.165) is 0 Å². The number of aliphatic hydroxyl groups excluding tert-OH is 1. The van der Waals surface area contributed by atoms with Crippen LogP contribution in [0.15, 0.2) is 60.2 Å². The van der Waals surface area contributed by atoms with Crippen LogP contribution in [0.4, 0.5) is 0 Å². The maximum Gasteiger partial charge on any atom is 0.305 e. The first kappa shape index (κ1) is 19.2. The van der Waals surface area contributed by atoms with Crippen LogP contribution in [-0.4, -0.2) is 46.4 Å². The number of rotatable bonds is 6. The fraction of sp³-hybridized carbons (Fsp3) is 0.190. The van der Waals surface area contributed by atoms with E-state index in [1.165, 1.54) is 12.0 Å². The number of Topliss-reactive ketones (excluding diaryl/α,β-unsaturated/α-hetero) is 1. The first-order chi connectivity index (χ1) is 13.4. The number of hydrogen-bond donors (Lipinski definition) is 2. The molecule has 7 nitrogen and oxygen atoms in total. The highest BCUT2D eigenvalue weighted by Crippen LogP contribution is 2.40. The summed E-state index contributed by atoms with van der Waals surface area (Å²) in [6, 6.07) is 14.3. The van der Waals surface area contributed by atoms with Gasteiger partial charge in [0.05, 0.1) is 25.1 Å². The largest absolute Gasteiger partial charge is 0.507 e. The molecule has 0 aliphatic carbocycles. The molecule has 1 amide bonds. The third kappa shape index (κ3) is 3.59. The number of benzene rings is 2. The Morgan fingerprint density at radius 2 is 1.79 bits per heavy atom. The third-order valence-corrected chi connectivity index (χ3v) is 4.56. The Labute approximate surface area is 161 Å². The van der Waals surface area contributed by atoms with Crippen molar-refractivity contribution in [2.75, 3.05) is 13.7 Å². The van der Waals surface area contributed by atoms with Gasteiger partial charge < -0.3 is 19.8 Å². The van der Waals surface area contributed by atoms with Gasteiger partial charge in [0.25, 0.3) is 11.7 Å². The second kappa shape index (κ2) is 7.96. The van der Waals surface area contributed by atoms with Crippen molar-refractivity contribution in [2.24, 2.45) is 0 Å². The zero-order valence-electron chi connectivity index (χ0n) is 15.2. The molecule has 0 unspecified atom stereocenters. The minimum atomic E-state index is -1.09. The number of nitrogens with zero attached hydrogens (tertiary/aromatic N) is 1. The lowest BCUT2D eigenvalue weighted by molar-refractivity contribution is -0.142. The molecule has 1 fully saturated rings. The summed E-state index contributed by atoms with van der Waals surface area (Å²) in [7, 11) is 1.49. The smallest absolute Gasteiger partial charge is 0.305 e. The van der Waals surface area contributed by atoms with Crippen LogP contribution in [0.3, 0.4) is 0 Å². The highest BCUT2D eigenvalue weighted by atomic mass is 16.5. The van der Waals surface area contributed by atoms with Crippen LogP contribution in [0.2, 0.25) is 0 Å². The highest BCUT2D eigenvalue weighted by molar-refractivity contribution is 6.46. The maximum absolute atomic E-state index is 12.7. The number of carbonyl (C=O) groups excluding carboxylic acids is 2. The van der Waals surface area contributed by atoms with Crippen molar-refractivity contribution < 1.29 is 29.3 Å². The Balaban J connectivity index is 2.16. The summed E-state index contributed by atoms with van der Waals surface area (Å²) >= 11 is 0. The number of aliphatic hydroxyl groups is 1. The molecule has 2 aromatic carbocycles. The lowest BCUT2D eigenvalue weighted by Crippen LogP contribution is -2.31. The van der Waals surface area contributed by atoms with Crippen molar-refractivity contribution in [1.29, 1.82) is 0 Å². The van der Waals surface area contributed by atoms with Gasteiger partial charge in [0.1, 0.15) is 11.5 Å². The number of carbonyl (C=O) groups is 3. The van der Waals surface area contributed by atoms with Crippen molar-refractivity contribution in [3.63, 3.8) is 0 Å². The number of ketones is 1. The number of aliphatic carboxylic acids is 1. The van der Waals surface area contributed by atoms with Crippen LogP contribution < -0.4 is 4.74 Å². The minimum absolute atomic E-state index is 0.0742. The van der Waals surface area contributed by atoms with Crippen LogP contribution in [-0.2, 0) is 14.4 Å². The predicted octanol–water partition coefficient (Wildman–Crippen LogP) is 2.59. The van der Waals surface area contributed by atoms with Crippen LogP contribution in [0.1, 0.15) is 23.6 Å². The molecular formula is C21H19NO6. The molecule has 0 radical (unpaired) electrons. The zero-order valence-corrected chi connectivity index (χ0v) is 15.2. The van der Waals surface area contributed by atoms with E-state index in [-0.39, 0.29) is 24.3 Å². The normalized spacial score (nSPS) is 18.3. The lowest BCUT2D eigenvalue weighted by Gasteiger charge is -2.25. The van der Waals surface area contributed by atoms with Crippen molar-refractivity contribution in [3.8, 4) is 5.75 Å². The fourth-order valence-corrected chi connectivity index (χ4v) is 3.24. The van der Waals surface area contributed by atoms with Gasteiger partial charge in [-0.2, -0.15) is 0 Å². The molecule has 2 aromatic rings. The number of carboxylic acids is 1. The Bertz CT molecular complexity index is 950. The van der Waals surface area contributed by atoms with Crippen molar-refractivity contribution in [1.82, 2.24) is 4.90 Å². The summed E-state index contributed by atoms with van der Waals surface area (Å²) in [6.07, 6.45) is -0.321. The molecule has 28 heavy (non-hydrogen) atoms. The van der Waals surface area contributed by atoms with Crippen LogP contribution in [0.5, 0.6) is 5.75 Å². The van der Waals surface area contributed by atoms with Gasteiger partial charge in [-0.15, -0.1) is 0 Å². The van der Waals surface area contributed by atoms with Gasteiger partial charge in [-0.25, -0.2) is 0 Å². The Hall–Kier alpha value is -3.61. The molecule has 1 aliphatic heterocycles. The number of carboxylic acid groups (broad SMARTS) is 1. The molecule has 144 valence electrons. The van der Waals surface area contributed by atoms with E-state index in [4.69, 9.17) is 9.84 Å². The van der Waals surface area contributed by atoms with Gasteiger partial charge in [0, 0.05) is 12.1 Å². The molecule has 1 aliphatic rings. The SMILES string of the molecule is COc1cccc([C@H]2C(=C(O)c3ccccc3)C(=O)C(=O)N2CCC(=O)O)c1. The van der Waals surface area contributed by atoms with E-state index in [2.05, 4.69) is 0 Å². The maximum atomic E-state index is 12.7. The summed E-state index contributed by atoms with van der Waals surface area (Å²) in [5, 5.41) is 19.8. The number of likely N-dealkylation sites (tertiary alicyclic amines) is 1. The van der Waals surface area contributed by atoms with E-state index in [1.54, 1.807) is 54.6 Å². The molecule has 0 saturated carbocycles. The van der Waals surface area contributed by atoms with Gasteiger partial charge >= 0.3 is 5.97 Å². The molecule has 1 heterocycles. The van der Waals surface area contributed by atoms with Crippen LogP contribution >= 0.6 is 0 Å². The van der Waals surface area contributed by atoms with Gasteiger partial charge in [0.15, 0.2) is 0 Å². The highest BCUT2D eigenvalue weighted by Gasteiger charge is 2.46. The monoisotopic (exact) mass is 381 g/mol. The average molecular weight is 381 g/mol. The summed E-state index contributed by atoms with van der Waals surface area (Å²) in [5.74, 6) is -2.56.